The molecule has 0 aliphatic carbocycles. The second kappa shape index (κ2) is 7.46. The lowest BCUT2D eigenvalue weighted by atomic mass is 10.0. The van der Waals surface area contributed by atoms with Crippen LogP contribution in [0.3, 0.4) is 0 Å². The van der Waals surface area contributed by atoms with Gasteiger partial charge in [-0.15, -0.1) is 0 Å². The van der Waals surface area contributed by atoms with E-state index in [2.05, 4.69) is 5.32 Å². The van der Waals surface area contributed by atoms with Gasteiger partial charge < -0.3 is 20.1 Å². The van der Waals surface area contributed by atoms with Gasteiger partial charge in [-0.25, -0.2) is 0 Å². The zero-order chi connectivity index (χ0) is 17.0. The van der Waals surface area contributed by atoms with Crippen molar-refractivity contribution in [3.05, 3.63) is 24.3 Å². The van der Waals surface area contributed by atoms with Gasteiger partial charge in [0.15, 0.2) is 0 Å². The quantitative estimate of drug-likeness (QED) is 0.825. The Morgan fingerprint density at radius 3 is 2.57 bits per heavy atom. The summed E-state index contributed by atoms with van der Waals surface area (Å²) in [5.74, 6) is 0.219. The maximum absolute atomic E-state index is 12.3. The third-order valence-electron chi connectivity index (χ3n) is 4.21. The first kappa shape index (κ1) is 17.3. The summed E-state index contributed by atoms with van der Waals surface area (Å²) in [4.78, 5) is 26.1. The molecule has 0 aromatic heterocycles. The summed E-state index contributed by atoms with van der Waals surface area (Å²) in [5.41, 5.74) is 0.758. The minimum atomic E-state index is -0.391. The van der Waals surface area contributed by atoms with Gasteiger partial charge in [0.05, 0.1) is 25.7 Å². The molecule has 2 amide bonds. The first-order valence-corrected chi connectivity index (χ1v) is 7.82. The summed E-state index contributed by atoms with van der Waals surface area (Å²) >= 11 is 0. The van der Waals surface area contributed by atoms with Gasteiger partial charge in [-0.05, 0) is 30.2 Å². The number of nitrogens with one attached hydrogen (secondary N) is 1. The number of hydrogen-bond donors (Lipinski definition) is 2. The number of aliphatic hydroxyl groups excluding tert-OH is 1. The fraction of sp³-hybridized carbons (Fsp3) is 0.529. The van der Waals surface area contributed by atoms with Crippen LogP contribution in [0.1, 0.15) is 20.3 Å². The molecule has 1 aromatic rings. The topological polar surface area (TPSA) is 78.9 Å². The molecule has 1 aliphatic rings. The smallest absolute Gasteiger partial charge is 0.227 e. The van der Waals surface area contributed by atoms with E-state index in [9.17, 15) is 14.7 Å². The van der Waals surface area contributed by atoms with Crippen LogP contribution in [0.15, 0.2) is 24.3 Å². The van der Waals surface area contributed by atoms with E-state index in [1.165, 1.54) is 0 Å². The van der Waals surface area contributed by atoms with Crippen molar-refractivity contribution in [3.8, 4) is 5.75 Å². The summed E-state index contributed by atoms with van der Waals surface area (Å²) in [6, 6.07) is 6.91. The molecule has 2 N–H and O–H groups in total. The van der Waals surface area contributed by atoms with E-state index < -0.39 is 5.92 Å². The molecule has 0 unspecified atom stereocenters. The summed E-state index contributed by atoms with van der Waals surface area (Å²) in [6.45, 7) is 4.12. The number of benzene rings is 1. The van der Waals surface area contributed by atoms with Gasteiger partial charge in [0.1, 0.15) is 5.75 Å². The van der Waals surface area contributed by atoms with Gasteiger partial charge in [0.25, 0.3) is 0 Å². The first-order valence-electron chi connectivity index (χ1n) is 7.82. The molecule has 6 nitrogen and oxygen atoms in total. The van der Waals surface area contributed by atoms with Gasteiger partial charge in [-0.2, -0.15) is 0 Å². The van der Waals surface area contributed by atoms with Crippen LogP contribution >= 0.6 is 0 Å². The molecule has 0 bridgehead atoms. The number of anilines is 1. The molecule has 23 heavy (non-hydrogen) atoms. The van der Waals surface area contributed by atoms with Crippen LogP contribution in [-0.2, 0) is 9.59 Å². The van der Waals surface area contributed by atoms with Crippen LogP contribution < -0.4 is 15.0 Å². The summed E-state index contributed by atoms with van der Waals surface area (Å²) in [5, 5.41) is 12.1. The average Bonchev–Trinajstić information content (AvgIpc) is 2.94. The standard InChI is InChI=1S/C17H24N2O4/c1-11(2)15(10-20)18-17(22)12-8-16(21)19(9-12)13-4-6-14(23-3)7-5-13/h4-7,11-12,15,20H,8-10H2,1-3H3,(H,18,22)/t12-,15-/m0/s1. The first-order chi connectivity index (χ1) is 11.0. The molecule has 126 valence electrons. The largest absolute Gasteiger partial charge is 0.497 e. The Hall–Kier alpha value is -2.08. The van der Waals surface area contributed by atoms with Crippen molar-refractivity contribution in [3.63, 3.8) is 0 Å². The van der Waals surface area contributed by atoms with E-state index in [1.807, 2.05) is 26.0 Å². The van der Waals surface area contributed by atoms with Crippen molar-refractivity contribution < 1.29 is 19.4 Å². The van der Waals surface area contributed by atoms with Crippen molar-refractivity contribution in [2.24, 2.45) is 11.8 Å². The number of aliphatic hydroxyl groups is 1. The van der Waals surface area contributed by atoms with E-state index >= 15 is 0 Å². The normalized spacial score (nSPS) is 19.1. The summed E-state index contributed by atoms with van der Waals surface area (Å²) in [6.07, 6.45) is 0.189. The van der Waals surface area contributed by atoms with Crippen LogP contribution in [-0.4, -0.2) is 43.2 Å². The van der Waals surface area contributed by atoms with E-state index in [0.29, 0.717) is 6.54 Å². The third-order valence-corrected chi connectivity index (χ3v) is 4.21. The molecule has 6 heteroatoms. The Morgan fingerprint density at radius 1 is 1.39 bits per heavy atom. The number of methoxy groups -OCH3 is 1. The molecule has 1 aromatic carbocycles. The van der Waals surface area contributed by atoms with Crippen LogP contribution in [0.25, 0.3) is 0 Å². The van der Waals surface area contributed by atoms with Crippen molar-refractivity contribution in [1.29, 1.82) is 0 Å². The predicted molar refractivity (Wildman–Crippen MR) is 87.3 cm³/mol. The minimum Gasteiger partial charge on any atom is -0.497 e. The van der Waals surface area contributed by atoms with Gasteiger partial charge in [-0.3, -0.25) is 9.59 Å². The number of nitrogens with zero attached hydrogens (tertiary/aromatic N) is 1. The number of carbonyl (C=O) groups is 2. The van der Waals surface area contributed by atoms with Crippen molar-refractivity contribution in [2.45, 2.75) is 26.3 Å². The molecule has 2 atom stereocenters. The molecule has 1 saturated heterocycles. The Kier molecular flexibility index (Phi) is 5.60. The summed E-state index contributed by atoms with van der Waals surface area (Å²) in [7, 11) is 1.59. The highest BCUT2D eigenvalue weighted by atomic mass is 16.5. The van der Waals surface area contributed by atoms with Gasteiger partial charge in [0.2, 0.25) is 11.8 Å². The number of ether oxygens (including phenoxy) is 1. The molecule has 1 aliphatic heterocycles. The lowest BCUT2D eigenvalue weighted by Crippen LogP contribution is -2.44. The maximum atomic E-state index is 12.3. The molecule has 0 saturated carbocycles. The highest BCUT2D eigenvalue weighted by molar-refractivity contribution is 6.00. The molecule has 0 radical (unpaired) electrons. The van der Waals surface area contributed by atoms with E-state index in [1.54, 1.807) is 24.1 Å². The number of carbonyl (C=O) groups excluding carboxylic acids is 2. The van der Waals surface area contributed by atoms with Crippen LogP contribution in [0.5, 0.6) is 5.75 Å². The molecular weight excluding hydrogens is 296 g/mol. The SMILES string of the molecule is COc1ccc(N2C[C@@H](C(=O)N[C@@H](CO)C(C)C)CC2=O)cc1. The Morgan fingerprint density at radius 2 is 2.04 bits per heavy atom. The predicted octanol–water partition coefficient (Wildman–Crippen LogP) is 1.18. The third kappa shape index (κ3) is 4.01. The Bertz CT molecular complexity index is 556. The van der Waals surface area contributed by atoms with Crippen molar-refractivity contribution in [1.82, 2.24) is 5.32 Å². The average molecular weight is 320 g/mol. The second-order valence-electron chi connectivity index (χ2n) is 6.15. The molecule has 1 fully saturated rings. The molecule has 2 rings (SSSR count). The highest BCUT2D eigenvalue weighted by Crippen LogP contribution is 2.27. The van der Waals surface area contributed by atoms with Crippen molar-refractivity contribution in [2.75, 3.05) is 25.2 Å². The zero-order valence-electron chi connectivity index (χ0n) is 13.8. The number of hydrogen-bond acceptors (Lipinski definition) is 4. The fourth-order valence-corrected chi connectivity index (χ4v) is 2.62. The van der Waals surface area contributed by atoms with E-state index in [4.69, 9.17) is 4.74 Å². The van der Waals surface area contributed by atoms with Crippen molar-refractivity contribution >= 4 is 17.5 Å². The minimum absolute atomic E-state index is 0.0691. The molecule has 1 heterocycles. The highest BCUT2D eigenvalue weighted by Gasteiger charge is 2.36. The Labute approximate surface area is 136 Å². The number of amides is 2. The zero-order valence-corrected chi connectivity index (χ0v) is 13.8. The van der Waals surface area contributed by atoms with Crippen LogP contribution in [0.2, 0.25) is 0 Å². The lowest BCUT2D eigenvalue weighted by molar-refractivity contribution is -0.127. The fourth-order valence-electron chi connectivity index (χ4n) is 2.62. The molecular formula is C17H24N2O4. The van der Waals surface area contributed by atoms with E-state index in [0.717, 1.165) is 11.4 Å². The lowest BCUT2D eigenvalue weighted by Gasteiger charge is -2.22. The van der Waals surface area contributed by atoms with Crippen LogP contribution in [0.4, 0.5) is 5.69 Å². The maximum Gasteiger partial charge on any atom is 0.227 e. The monoisotopic (exact) mass is 320 g/mol. The van der Waals surface area contributed by atoms with E-state index in [-0.39, 0.29) is 36.8 Å². The summed E-state index contributed by atoms with van der Waals surface area (Å²) < 4.78 is 5.11. The van der Waals surface area contributed by atoms with Gasteiger partial charge in [-0.1, -0.05) is 13.8 Å². The second-order valence-corrected chi connectivity index (χ2v) is 6.15. The van der Waals surface area contributed by atoms with Crippen LogP contribution in [0, 0.1) is 11.8 Å². The Balaban J connectivity index is 2.02. The van der Waals surface area contributed by atoms with Gasteiger partial charge >= 0.3 is 0 Å². The molecule has 0 spiro atoms. The van der Waals surface area contributed by atoms with Gasteiger partial charge in [0, 0.05) is 18.7 Å². The number of rotatable bonds is 6.